The van der Waals surface area contributed by atoms with Crippen LogP contribution in [0.15, 0.2) is 71.2 Å². The second-order valence-electron chi connectivity index (χ2n) is 4.82. The lowest BCUT2D eigenvalue weighted by molar-refractivity contribution is -0.132. The van der Waals surface area contributed by atoms with E-state index in [0.717, 1.165) is 24.8 Å². The summed E-state index contributed by atoms with van der Waals surface area (Å²) in [6, 6.07) is 10.3. The molecule has 1 aromatic carbocycles. The molecule has 1 rings (SSSR count). The van der Waals surface area contributed by atoms with E-state index in [1.165, 1.54) is 4.90 Å². The Balaban J connectivity index is 0.000000461. The maximum absolute atomic E-state index is 10.5. The molecular weight excluding hydrogens is 292 g/mol. The lowest BCUT2D eigenvalue weighted by Crippen LogP contribution is -1.95. The van der Waals surface area contributed by atoms with Crippen molar-refractivity contribution in [2.75, 3.05) is 6.26 Å². The first-order chi connectivity index (χ1) is 10.5. The molecule has 0 fully saturated rings. The topological polar surface area (TPSA) is 37.3 Å². The van der Waals surface area contributed by atoms with Crippen molar-refractivity contribution in [3.05, 3.63) is 66.3 Å². The molecule has 3 heteroatoms. The molecule has 0 aliphatic heterocycles. The van der Waals surface area contributed by atoms with Crippen molar-refractivity contribution in [2.45, 2.75) is 38.0 Å². The van der Waals surface area contributed by atoms with E-state index in [0.29, 0.717) is 5.57 Å². The molecule has 0 amide bonds. The number of unbranched alkanes of at least 4 members (excludes halogenated alkanes) is 2. The van der Waals surface area contributed by atoms with Crippen LogP contribution in [0.2, 0.25) is 0 Å². The Bertz CT molecular complexity index is 501. The van der Waals surface area contributed by atoms with Crippen LogP contribution in [0.3, 0.4) is 0 Å². The molecular formula is C19H26O2S. The summed E-state index contributed by atoms with van der Waals surface area (Å²) >= 11 is 1.77. The highest BCUT2D eigenvalue weighted by Gasteiger charge is 1.98. The Kier molecular flexibility index (Phi) is 11.9. The number of rotatable bonds is 7. The molecule has 2 nitrogen and oxygen atoms in total. The van der Waals surface area contributed by atoms with Crippen molar-refractivity contribution in [2.24, 2.45) is 0 Å². The van der Waals surface area contributed by atoms with Gasteiger partial charge in [-0.1, -0.05) is 35.9 Å². The Morgan fingerprint density at radius 3 is 2.32 bits per heavy atom. The number of carboxylic acid groups (broad SMARTS) is 1. The highest BCUT2D eigenvalue weighted by molar-refractivity contribution is 7.98. The van der Waals surface area contributed by atoms with E-state index >= 15 is 0 Å². The summed E-state index contributed by atoms with van der Waals surface area (Å²) < 4.78 is 0. The molecule has 1 aromatic rings. The van der Waals surface area contributed by atoms with E-state index in [1.807, 2.05) is 31.2 Å². The predicted octanol–water partition coefficient (Wildman–Crippen LogP) is 5.73. The third-order valence-electron chi connectivity index (χ3n) is 2.84. The molecule has 120 valence electrons. The molecule has 0 aliphatic carbocycles. The van der Waals surface area contributed by atoms with Crippen molar-refractivity contribution in [3.8, 4) is 0 Å². The summed E-state index contributed by atoms with van der Waals surface area (Å²) in [6.07, 6.45) is 10.8. The molecule has 0 unspecified atom stereocenters. The van der Waals surface area contributed by atoms with E-state index in [4.69, 9.17) is 5.11 Å². The smallest absolute Gasteiger partial charge is 0.331 e. The summed E-state index contributed by atoms with van der Waals surface area (Å²) in [7, 11) is 0. The number of benzene rings is 1. The fraction of sp³-hybridized carbons (Fsp3) is 0.316. The molecule has 0 saturated heterocycles. The molecule has 1 N–H and O–H groups in total. The molecule has 0 spiro atoms. The zero-order valence-corrected chi connectivity index (χ0v) is 14.5. The van der Waals surface area contributed by atoms with Gasteiger partial charge in [0.05, 0.1) is 0 Å². The van der Waals surface area contributed by atoms with Gasteiger partial charge < -0.3 is 5.11 Å². The van der Waals surface area contributed by atoms with Crippen LogP contribution in [0.25, 0.3) is 0 Å². The van der Waals surface area contributed by atoms with Gasteiger partial charge in [0, 0.05) is 10.5 Å². The second kappa shape index (κ2) is 13.0. The Morgan fingerprint density at radius 1 is 1.23 bits per heavy atom. The number of carbonyl (C=O) groups is 1. The van der Waals surface area contributed by atoms with Crippen molar-refractivity contribution >= 4 is 17.7 Å². The molecule has 0 aromatic heterocycles. The second-order valence-corrected chi connectivity index (χ2v) is 5.70. The lowest BCUT2D eigenvalue weighted by atomic mass is 10.1. The van der Waals surface area contributed by atoms with Crippen molar-refractivity contribution < 1.29 is 9.90 Å². The minimum absolute atomic E-state index is 0.377. The van der Waals surface area contributed by atoms with Crippen LogP contribution >= 0.6 is 11.8 Å². The molecule has 22 heavy (non-hydrogen) atoms. The van der Waals surface area contributed by atoms with Crippen molar-refractivity contribution in [1.29, 1.82) is 0 Å². The van der Waals surface area contributed by atoms with Crippen LogP contribution in [0.4, 0.5) is 0 Å². The number of allylic oxidation sites excluding steroid dienone is 4. The molecule has 0 aliphatic rings. The predicted molar refractivity (Wildman–Crippen MR) is 97.4 cm³/mol. The van der Waals surface area contributed by atoms with Gasteiger partial charge in [0.15, 0.2) is 0 Å². The fourth-order valence-corrected chi connectivity index (χ4v) is 2.04. The van der Waals surface area contributed by atoms with Gasteiger partial charge in [-0.3, -0.25) is 0 Å². The maximum atomic E-state index is 10.5. The van der Waals surface area contributed by atoms with Gasteiger partial charge in [-0.15, -0.1) is 18.3 Å². The molecule has 0 atom stereocenters. The zero-order chi connectivity index (χ0) is 16.8. The number of hydrogen-bond donors (Lipinski definition) is 1. The average Bonchev–Trinajstić information content (AvgIpc) is 2.53. The van der Waals surface area contributed by atoms with Crippen LogP contribution in [-0.4, -0.2) is 17.3 Å². The normalized spacial score (nSPS) is 11.4. The monoisotopic (exact) mass is 318 g/mol. The van der Waals surface area contributed by atoms with Gasteiger partial charge in [0.1, 0.15) is 0 Å². The third kappa shape index (κ3) is 11.0. The van der Waals surface area contributed by atoms with E-state index in [-0.39, 0.29) is 0 Å². The Labute approximate surface area is 138 Å². The van der Waals surface area contributed by atoms with E-state index in [2.05, 4.69) is 31.0 Å². The van der Waals surface area contributed by atoms with Gasteiger partial charge in [-0.25, -0.2) is 4.79 Å². The lowest BCUT2D eigenvalue weighted by Gasteiger charge is -1.95. The summed E-state index contributed by atoms with van der Waals surface area (Å²) in [5, 5.41) is 8.63. The largest absolute Gasteiger partial charge is 0.478 e. The Morgan fingerprint density at radius 2 is 1.86 bits per heavy atom. The molecule has 0 bridgehead atoms. The zero-order valence-electron chi connectivity index (χ0n) is 13.7. The minimum atomic E-state index is -0.858. The van der Waals surface area contributed by atoms with Gasteiger partial charge >= 0.3 is 5.97 Å². The number of thioether (sulfide) groups is 1. The third-order valence-corrected chi connectivity index (χ3v) is 3.58. The SMILES string of the molecule is C=CCCC/C=C(C)/C=C(\C)C(=O)O.CSc1ccccc1. The van der Waals surface area contributed by atoms with Crippen LogP contribution in [-0.2, 0) is 4.79 Å². The van der Waals surface area contributed by atoms with Crippen molar-refractivity contribution in [3.63, 3.8) is 0 Å². The van der Waals surface area contributed by atoms with Gasteiger partial charge in [-0.05, 0) is 57.6 Å². The molecule has 0 heterocycles. The van der Waals surface area contributed by atoms with Crippen LogP contribution in [0, 0.1) is 0 Å². The summed E-state index contributed by atoms with van der Waals surface area (Å²) in [5.41, 5.74) is 1.39. The molecule has 0 radical (unpaired) electrons. The van der Waals surface area contributed by atoms with E-state index in [9.17, 15) is 4.79 Å². The maximum Gasteiger partial charge on any atom is 0.331 e. The highest BCUT2D eigenvalue weighted by Crippen LogP contribution is 2.11. The summed E-state index contributed by atoms with van der Waals surface area (Å²) in [6.45, 7) is 7.16. The quantitative estimate of drug-likeness (QED) is 0.229. The summed E-state index contributed by atoms with van der Waals surface area (Å²) in [4.78, 5) is 11.8. The first-order valence-corrected chi connectivity index (χ1v) is 8.52. The van der Waals surface area contributed by atoms with Crippen LogP contribution in [0.1, 0.15) is 33.1 Å². The van der Waals surface area contributed by atoms with E-state index < -0.39 is 5.97 Å². The van der Waals surface area contributed by atoms with E-state index in [1.54, 1.807) is 24.8 Å². The number of carboxylic acids is 1. The average molecular weight is 318 g/mol. The van der Waals surface area contributed by atoms with Crippen molar-refractivity contribution in [1.82, 2.24) is 0 Å². The van der Waals surface area contributed by atoms with Gasteiger partial charge in [-0.2, -0.15) is 0 Å². The summed E-state index contributed by atoms with van der Waals surface area (Å²) in [5.74, 6) is -0.858. The first-order valence-electron chi connectivity index (χ1n) is 7.29. The first kappa shape index (κ1) is 20.3. The Hall–Kier alpha value is -1.74. The van der Waals surface area contributed by atoms with Gasteiger partial charge in [0.25, 0.3) is 0 Å². The minimum Gasteiger partial charge on any atom is -0.478 e. The fourth-order valence-electron chi connectivity index (χ4n) is 1.61. The van der Waals surface area contributed by atoms with Crippen LogP contribution < -0.4 is 0 Å². The van der Waals surface area contributed by atoms with Gasteiger partial charge in [0.2, 0.25) is 0 Å². The molecule has 0 saturated carbocycles. The highest BCUT2D eigenvalue weighted by atomic mass is 32.2. The number of aliphatic carboxylic acids is 1. The van der Waals surface area contributed by atoms with Crippen LogP contribution in [0.5, 0.6) is 0 Å². The standard InChI is InChI=1S/C12H18O2.C7H8S/c1-4-5-6-7-8-10(2)9-11(3)12(13)14;1-8-7-5-3-2-4-6-7/h4,8-9H,1,5-7H2,2-3H3,(H,13,14);2-6H,1H3/b10-8+,11-9+;. The number of hydrogen-bond acceptors (Lipinski definition) is 2.